The molecule has 1 aliphatic heterocycles. The highest BCUT2D eigenvalue weighted by molar-refractivity contribution is 5.83. The molecule has 2 fully saturated rings. The van der Waals surface area contributed by atoms with E-state index in [2.05, 4.69) is 5.32 Å². The summed E-state index contributed by atoms with van der Waals surface area (Å²) in [6.45, 7) is 1.59. The van der Waals surface area contributed by atoms with Crippen LogP contribution in [0.1, 0.15) is 36.3 Å². The first-order valence-electron chi connectivity index (χ1n) is 8.04. The summed E-state index contributed by atoms with van der Waals surface area (Å²) in [5, 5.41) is 3.12. The van der Waals surface area contributed by atoms with E-state index in [9.17, 15) is 18.0 Å². The standard InChI is InChI=1S/C17H21F3N2O/c1-21-10-13-3-2-8-22(13)16(23)15-9-14(15)11-4-6-12(7-5-11)17(18,19)20/h4-7,13-15,21H,2-3,8-10H2,1H3. The number of rotatable bonds is 4. The molecule has 1 aromatic rings. The molecule has 0 spiro atoms. The largest absolute Gasteiger partial charge is 0.416 e. The van der Waals surface area contributed by atoms with Crippen molar-refractivity contribution in [3.05, 3.63) is 35.4 Å². The Morgan fingerprint density at radius 1 is 1.30 bits per heavy atom. The molecule has 1 aromatic carbocycles. The van der Waals surface area contributed by atoms with Crippen molar-refractivity contribution in [2.75, 3.05) is 20.1 Å². The van der Waals surface area contributed by atoms with Gasteiger partial charge in [0, 0.05) is 25.0 Å². The van der Waals surface area contributed by atoms with Crippen LogP contribution in [-0.2, 0) is 11.0 Å². The molecule has 1 heterocycles. The number of nitrogens with one attached hydrogen (secondary N) is 1. The number of amides is 1. The zero-order valence-electron chi connectivity index (χ0n) is 13.1. The van der Waals surface area contributed by atoms with Gasteiger partial charge < -0.3 is 10.2 Å². The first-order valence-corrected chi connectivity index (χ1v) is 8.04. The van der Waals surface area contributed by atoms with Crippen LogP contribution in [0.4, 0.5) is 13.2 Å². The fourth-order valence-corrected chi connectivity index (χ4v) is 3.54. The van der Waals surface area contributed by atoms with Crippen molar-refractivity contribution in [1.29, 1.82) is 0 Å². The molecular formula is C17H21F3N2O. The lowest BCUT2D eigenvalue weighted by molar-refractivity contribution is -0.137. The van der Waals surface area contributed by atoms with Gasteiger partial charge in [-0.1, -0.05) is 12.1 Å². The van der Waals surface area contributed by atoms with E-state index >= 15 is 0 Å². The number of halogens is 3. The van der Waals surface area contributed by atoms with E-state index in [1.165, 1.54) is 12.1 Å². The summed E-state index contributed by atoms with van der Waals surface area (Å²) in [6, 6.07) is 5.48. The van der Waals surface area contributed by atoms with Crippen molar-refractivity contribution < 1.29 is 18.0 Å². The molecule has 0 radical (unpaired) electrons. The number of likely N-dealkylation sites (tertiary alicyclic amines) is 1. The van der Waals surface area contributed by atoms with Crippen molar-refractivity contribution in [3.8, 4) is 0 Å². The SMILES string of the molecule is CNCC1CCCN1C(=O)C1CC1c1ccc(C(F)(F)F)cc1. The number of carbonyl (C=O) groups excluding carboxylic acids is 1. The minimum Gasteiger partial charge on any atom is -0.338 e. The van der Waals surface area contributed by atoms with E-state index in [-0.39, 0.29) is 23.8 Å². The van der Waals surface area contributed by atoms with E-state index in [1.807, 2.05) is 11.9 Å². The average molecular weight is 326 g/mol. The zero-order chi connectivity index (χ0) is 16.6. The van der Waals surface area contributed by atoms with Gasteiger partial charge in [0.25, 0.3) is 0 Å². The maximum atomic E-state index is 12.6. The highest BCUT2D eigenvalue weighted by Gasteiger charge is 2.47. The summed E-state index contributed by atoms with van der Waals surface area (Å²) >= 11 is 0. The Balaban J connectivity index is 1.64. The Kier molecular flexibility index (Phi) is 4.36. The number of carbonyl (C=O) groups is 1. The smallest absolute Gasteiger partial charge is 0.338 e. The second-order valence-electron chi connectivity index (χ2n) is 6.45. The number of likely N-dealkylation sites (N-methyl/N-ethyl adjacent to an activating group) is 1. The average Bonchev–Trinajstić information content (AvgIpc) is 3.18. The maximum absolute atomic E-state index is 12.6. The summed E-state index contributed by atoms with van der Waals surface area (Å²) in [5.41, 5.74) is 0.194. The maximum Gasteiger partial charge on any atom is 0.416 e. The Morgan fingerprint density at radius 2 is 2.00 bits per heavy atom. The van der Waals surface area contributed by atoms with Crippen LogP contribution in [0, 0.1) is 5.92 Å². The number of hydrogen-bond donors (Lipinski definition) is 1. The normalized spacial score (nSPS) is 27.3. The van der Waals surface area contributed by atoms with Crippen LogP contribution in [0.2, 0.25) is 0 Å². The van der Waals surface area contributed by atoms with Crippen molar-refractivity contribution >= 4 is 5.91 Å². The molecule has 3 rings (SSSR count). The van der Waals surface area contributed by atoms with Gasteiger partial charge in [-0.3, -0.25) is 4.79 Å². The molecule has 3 nitrogen and oxygen atoms in total. The lowest BCUT2D eigenvalue weighted by atomic mass is 10.1. The van der Waals surface area contributed by atoms with E-state index < -0.39 is 11.7 Å². The molecule has 126 valence electrons. The van der Waals surface area contributed by atoms with Gasteiger partial charge in [0.05, 0.1) is 5.56 Å². The van der Waals surface area contributed by atoms with E-state index in [1.54, 1.807) is 0 Å². The number of alkyl halides is 3. The summed E-state index contributed by atoms with van der Waals surface area (Å²) in [5.74, 6) is 0.164. The van der Waals surface area contributed by atoms with Crippen molar-refractivity contribution in [2.24, 2.45) is 5.92 Å². The zero-order valence-corrected chi connectivity index (χ0v) is 13.1. The summed E-state index contributed by atoms with van der Waals surface area (Å²) < 4.78 is 37.8. The van der Waals surface area contributed by atoms with Gasteiger partial charge in [-0.15, -0.1) is 0 Å². The van der Waals surface area contributed by atoms with Crippen molar-refractivity contribution in [3.63, 3.8) is 0 Å². The molecule has 6 heteroatoms. The predicted octanol–water partition coefficient (Wildman–Crippen LogP) is 3.02. The van der Waals surface area contributed by atoms with Crippen LogP contribution in [0.15, 0.2) is 24.3 Å². The predicted molar refractivity (Wildman–Crippen MR) is 81.0 cm³/mol. The summed E-state index contributed by atoms with van der Waals surface area (Å²) in [7, 11) is 1.88. The second kappa shape index (κ2) is 6.15. The second-order valence-corrected chi connectivity index (χ2v) is 6.45. The molecule has 1 amide bonds. The molecule has 3 unspecified atom stereocenters. The molecule has 2 aliphatic rings. The summed E-state index contributed by atoms with van der Waals surface area (Å²) in [4.78, 5) is 14.6. The van der Waals surface area contributed by atoms with Gasteiger partial charge in [0.2, 0.25) is 5.91 Å². The van der Waals surface area contributed by atoms with E-state index in [0.717, 1.165) is 50.0 Å². The van der Waals surface area contributed by atoms with Crippen molar-refractivity contribution in [1.82, 2.24) is 10.2 Å². The van der Waals surface area contributed by atoms with Crippen LogP contribution in [0.3, 0.4) is 0 Å². The number of hydrogen-bond acceptors (Lipinski definition) is 2. The molecule has 1 aliphatic carbocycles. The quantitative estimate of drug-likeness (QED) is 0.922. The third kappa shape index (κ3) is 3.37. The van der Waals surface area contributed by atoms with Gasteiger partial charge >= 0.3 is 6.18 Å². The van der Waals surface area contributed by atoms with Crippen molar-refractivity contribution in [2.45, 2.75) is 37.4 Å². The number of benzene rings is 1. The monoisotopic (exact) mass is 326 g/mol. The summed E-state index contributed by atoms with van der Waals surface area (Å²) in [6.07, 6.45) is -1.53. The first kappa shape index (κ1) is 16.3. The Hall–Kier alpha value is -1.56. The molecule has 1 N–H and O–H groups in total. The third-order valence-electron chi connectivity index (χ3n) is 4.87. The molecular weight excluding hydrogens is 305 g/mol. The minimum absolute atomic E-state index is 0.0656. The fourth-order valence-electron chi connectivity index (χ4n) is 3.54. The Labute approximate surface area is 133 Å². The topological polar surface area (TPSA) is 32.3 Å². The Morgan fingerprint density at radius 3 is 2.61 bits per heavy atom. The molecule has 1 saturated carbocycles. The van der Waals surface area contributed by atoms with E-state index in [0.29, 0.717) is 0 Å². The third-order valence-corrected chi connectivity index (χ3v) is 4.87. The van der Waals surface area contributed by atoms with Gasteiger partial charge in [0.15, 0.2) is 0 Å². The molecule has 23 heavy (non-hydrogen) atoms. The first-order chi connectivity index (χ1) is 10.9. The molecule has 0 aromatic heterocycles. The molecule has 1 saturated heterocycles. The van der Waals surface area contributed by atoms with Gasteiger partial charge in [-0.25, -0.2) is 0 Å². The lowest BCUT2D eigenvalue weighted by Gasteiger charge is -2.24. The Bertz CT molecular complexity index is 570. The van der Waals surface area contributed by atoms with Crippen LogP contribution < -0.4 is 5.32 Å². The highest BCUT2D eigenvalue weighted by Crippen LogP contribution is 2.49. The molecule has 0 bridgehead atoms. The number of nitrogens with zero attached hydrogens (tertiary/aromatic N) is 1. The van der Waals surface area contributed by atoms with Gasteiger partial charge in [0.1, 0.15) is 0 Å². The highest BCUT2D eigenvalue weighted by atomic mass is 19.4. The van der Waals surface area contributed by atoms with Crippen LogP contribution >= 0.6 is 0 Å². The van der Waals surface area contributed by atoms with Crippen LogP contribution in [0.5, 0.6) is 0 Å². The lowest BCUT2D eigenvalue weighted by Crippen LogP contribution is -2.41. The molecule has 3 atom stereocenters. The van der Waals surface area contributed by atoms with Gasteiger partial charge in [-0.05, 0) is 49.9 Å². The van der Waals surface area contributed by atoms with E-state index in [4.69, 9.17) is 0 Å². The van der Waals surface area contributed by atoms with Crippen LogP contribution in [0.25, 0.3) is 0 Å². The fraction of sp³-hybridized carbons (Fsp3) is 0.588. The van der Waals surface area contributed by atoms with Gasteiger partial charge in [-0.2, -0.15) is 13.2 Å². The van der Waals surface area contributed by atoms with Crippen LogP contribution in [-0.4, -0.2) is 37.0 Å². The minimum atomic E-state index is -4.31.